The average molecular weight is 260 g/mol. The first-order chi connectivity index (χ1) is 9.26. The minimum Gasteiger partial charge on any atom is -0.337 e. The quantitative estimate of drug-likeness (QED) is 0.676. The molecule has 98 valence electrons. The lowest BCUT2D eigenvalue weighted by molar-refractivity contribution is 0.364. The van der Waals surface area contributed by atoms with Gasteiger partial charge in [-0.1, -0.05) is 10.4 Å². The van der Waals surface area contributed by atoms with Gasteiger partial charge in [0.1, 0.15) is 6.54 Å². The predicted molar refractivity (Wildman–Crippen MR) is 63.5 cm³/mol. The SMILES string of the molecule is Cn1ccnc1-c1noc(Cn2cc(CN)nn2)n1. The summed E-state index contributed by atoms with van der Waals surface area (Å²) in [7, 11) is 1.86. The Morgan fingerprint density at radius 3 is 3.00 bits per heavy atom. The normalized spacial score (nSPS) is 11.1. The summed E-state index contributed by atoms with van der Waals surface area (Å²) >= 11 is 0. The van der Waals surface area contributed by atoms with Gasteiger partial charge in [-0.2, -0.15) is 4.98 Å². The Bertz CT molecular complexity index is 681. The molecule has 0 aliphatic heterocycles. The van der Waals surface area contributed by atoms with Crippen molar-refractivity contribution in [2.75, 3.05) is 0 Å². The summed E-state index contributed by atoms with van der Waals surface area (Å²) in [6.45, 7) is 0.701. The molecule has 3 heterocycles. The predicted octanol–water partition coefficient (Wildman–Crippen LogP) is -0.431. The molecule has 0 aliphatic rings. The van der Waals surface area contributed by atoms with Crippen LogP contribution in [0.2, 0.25) is 0 Å². The van der Waals surface area contributed by atoms with E-state index < -0.39 is 0 Å². The van der Waals surface area contributed by atoms with Crippen molar-refractivity contribution in [3.63, 3.8) is 0 Å². The average Bonchev–Trinajstić information content (AvgIpc) is 3.10. The molecule has 0 spiro atoms. The van der Waals surface area contributed by atoms with Gasteiger partial charge >= 0.3 is 0 Å². The summed E-state index contributed by atoms with van der Waals surface area (Å²) in [5.74, 6) is 1.53. The van der Waals surface area contributed by atoms with E-state index in [0.29, 0.717) is 36.3 Å². The van der Waals surface area contributed by atoms with Crippen LogP contribution in [0.25, 0.3) is 11.6 Å². The Morgan fingerprint density at radius 2 is 2.32 bits per heavy atom. The molecule has 9 nitrogen and oxygen atoms in total. The summed E-state index contributed by atoms with van der Waals surface area (Å²) in [5.41, 5.74) is 6.18. The molecule has 0 unspecified atom stereocenters. The molecule has 2 N–H and O–H groups in total. The maximum absolute atomic E-state index is 5.46. The highest BCUT2D eigenvalue weighted by molar-refractivity contribution is 5.42. The van der Waals surface area contributed by atoms with Gasteiger partial charge in [0.2, 0.25) is 11.7 Å². The van der Waals surface area contributed by atoms with Gasteiger partial charge in [0.15, 0.2) is 5.82 Å². The molecule has 0 aromatic carbocycles. The third-order valence-electron chi connectivity index (χ3n) is 2.58. The number of nitrogens with two attached hydrogens (primary N) is 1. The third-order valence-corrected chi connectivity index (χ3v) is 2.58. The van der Waals surface area contributed by atoms with Crippen molar-refractivity contribution in [3.8, 4) is 11.6 Å². The summed E-state index contributed by atoms with van der Waals surface area (Å²) in [6, 6.07) is 0. The van der Waals surface area contributed by atoms with Gasteiger partial charge in [-0.15, -0.1) is 5.10 Å². The van der Waals surface area contributed by atoms with Gasteiger partial charge in [-0.05, 0) is 0 Å². The molecule has 9 heteroatoms. The molecule has 0 aliphatic carbocycles. The zero-order valence-electron chi connectivity index (χ0n) is 10.3. The van der Waals surface area contributed by atoms with E-state index in [2.05, 4.69) is 25.4 Å². The lowest BCUT2D eigenvalue weighted by atomic mass is 10.5. The minimum atomic E-state index is 0.350. The number of aromatic nitrogens is 7. The second kappa shape index (κ2) is 4.61. The molecule has 3 aromatic rings. The molecule has 0 atom stereocenters. The van der Waals surface area contributed by atoms with E-state index in [1.165, 1.54) is 0 Å². The van der Waals surface area contributed by atoms with E-state index in [9.17, 15) is 0 Å². The van der Waals surface area contributed by atoms with Gasteiger partial charge in [0, 0.05) is 26.0 Å². The molecule has 0 amide bonds. The Kier molecular flexibility index (Phi) is 2.80. The number of rotatable bonds is 4. The van der Waals surface area contributed by atoms with Crippen molar-refractivity contribution in [1.82, 2.24) is 34.7 Å². The van der Waals surface area contributed by atoms with E-state index >= 15 is 0 Å². The van der Waals surface area contributed by atoms with Crippen LogP contribution >= 0.6 is 0 Å². The number of hydrogen-bond acceptors (Lipinski definition) is 7. The molecule has 0 saturated carbocycles. The Hall–Kier alpha value is -2.55. The van der Waals surface area contributed by atoms with Crippen molar-refractivity contribution in [1.29, 1.82) is 0 Å². The minimum absolute atomic E-state index is 0.350. The lowest BCUT2D eigenvalue weighted by Crippen LogP contribution is -2.01. The Morgan fingerprint density at radius 1 is 1.42 bits per heavy atom. The van der Waals surface area contributed by atoms with E-state index in [1.54, 1.807) is 17.1 Å². The number of nitrogens with zero attached hydrogens (tertiary/aromatic N) is 7. The van der Waals surface area contributed by atoms with Crippen LogP contribution in [0.4, 0.5) is 0 Å². The molecule has 0 radical (unpaired) electrons. The standard InChI is InChI=1S/C10H12N8O/c1-17-3-2-12-10(17)9-13-8(19-15-9)6-18-5-7(4-11)14-16-18/h2-3,5H,4,6,11H2,1H3. The monoisotopic (exact) mass is 260 g/mol. The van der Waals surface area contributed by atoms with Gasteiger partial charge in [-0.25, -0.2) is 9.67 Å². The van der Waals surface area contributed by atoms with Crippen LogP contribution < -0.4 is 5.73 Å². The van der Waals surface area contributed by atoms with E-state index in [4.69, 9.17) is 10.3 Å². The fraction of sp³-hybridized carbons (Fsp3) is 0.300. The second-order valence-electron chi connectivity index (χ2n) is 3.99. The van der Waals surface area contributed by atoms with Crippen molar-refractivity contribution in [2.45, 2.75) is 13.1 Å². The topological polar surface area (TPSA) is 113 Å². The number of imidazole rings is 1. The van der Waals surface area contributed by atoms with Gasteiger partial charge in [0.25, 0.3) is 0 Å². The molecular weight excluding hydrogens is 248 g/mol. The molecule has 3 rings (SSSR count). The van der Waals surface area contributed by atoms with Crippen LogP contribution in [0, 0.1) is 0 Å². The van der Waals surface area contributed by atoms with Crippen molar-refractivity contribution in [2.24, 2.45) is 12.8 Å². The molecule has 0 bridgehead atoms. The first-order valence-electron chi connectivity index (χ1n) is 5.65. The summed E-state index contributed by atoms with van der Waals surface area (Å²) in [6.07, 6.45) is 5.23. The first kappa shape index (κ1) is 11.5. The van der Waals surface area contributed by atoms with E-state index in [0.717, 1.165) is 0 Å². The van der Waals surface area contributed by atoms with Crippen LogP contribution in [0.1, 0.15) is 11.6 Å². The maximum atomic E-state index is 5.46. The van der Waals surface area contributed by atoms with Gasteiger partial charge < -0.3 is 14.8 Å². The molecule has 0 saturated heterocycles. The van der Waals surface area contributed by atoms with Crippen molar-refractivity contribution in [3.05, 3.63) is 30.2 Å². The summed E-state index contributed by atoms with van der Waals surface area (Å²) in [5, 5.41) is 11.7. The van der Waals surface area contributed by atoms with E-state index in [-0.39, 0.29) is 0 Å². The highest BCUT2D eigenvalue weighted by Gasteiger charge is 2.13. The maximum Gasteiger partial charge on any atom is 0.248 e. The van der Waals surface area contributed by atoms with Crippen molar-refractivity contribution >= 4 is 0 Å². The fourth-order valence-corrected chi connectivity index (χ4v) is 1.64. The molecule has 19 heavy (non-hydrogen) atoms. The summed E-state index contributed by atoms with van der Waals surface area (Å²) < 4.78 is 8.57. The van der Waals surface area contributed by atoms with Crippen LogP contribution in [0.5, 0.6) is 0 Å². The van der Waals surface area contributed by atoms with Crippen LogP contribution in [0.15, 0.2) is 23.1 Å². The zero-order valence-corrected chi connectivity index (χ0v) is 10.3. The second-order valence-corrected chi connectivity index (χ2v) is 3.99. The summed E-state index contributed by atoms with van der Waals surface area (Å²) in [4.78, 5) is 8.41. The Balaban J connectivity index is 1.80. The fourth-order valence-electron chi connectivity index (χ4n) is 1.64. The molecule has 0 fully saturated rings. The molecular formula is C10H12N8O. The highest BCUT2D eigenvalue weighted by atomic mass is 16.5. The highest BCUT2D eigenvalue weighted by Crippen LogP contribution is 2.12. The van der Waals surface area contributed by atoms with Gasteiger partial charge in [-0.3, -0.25) is 0 Å². The van der Waals surface area contributed by atoms with Crippen LogP contribution in [-0.2, 0) is 20.1 Å². The Labute approximate surface area is 108 Å². The number of hydrogen-bond donors (Lipinski definition) is 1. The van der Waals surface area contributed by atoms with Crippen LogP contribution in [-0.4, -0.2) is 34.7 Å². The molecule has 3 aromatic heterocycles. The van der Waals surface area contributed by atoms with Crippen molar-refractivity contribution < 1.29 is 4.52 Å². The third kappa shape index (κ3) is 2.22. The zero-order chi connectivity index (χ0) is 13.2. The first-order valence-corrected chi connectivity index (χ1v) is 5.65. The lowest BCUT2D eigenvalue weighted by Gasteiger charge is -1.93. The van der Waals surface area contributed by atoms with Gasteiger partial charge in [0.05, 0.1) is 11.9 Å². The van der Waals surface area contributed by atoms with E-state index in [1.807, 2.05) is 17.8 Å². The largest absolute Gasteiger partial charge is 0.337 e. The van der Waals surface area contributed by atoms with Crippen LogP contribution in [0.3, 0.4) is 0 Å². The number of aryl methyl sites for hydroxylation is 1. The smallest absolute Gasteiger partial charge is 0.248 e.